The number of aliphatic imine (C=N–C) groups is 1. The summed E-state index contributed by atoms with van der Waals surface area (Å²) in [6.07, 6.45) is 1.95. The van der Waals surface area contributed by atoms with Gasteiger partial charge >= 0.3 is 0 Å². The van der Waals surface area contributed by atoms with E-state index in [1.807, 2.05) is 55.3 Å². The van der Waals surface area contributed by atoms with Crippen LogP contribution >= 0.6 is 24.0 Å². The van der Waals surface area contributed by atoms with E-state index in [2.05, 4.69) is 11.4 Å². The number of nitrogens with zero attached hydrogens (tertiary/aromatic N) is 2. The average Bonchev–Trinajstić information content (AvgIpc) is 3.09. The lowest BCUT2D eigenvalue weighted by Gasteiger charge is -2.21. The molecule has 0 saturated carbocycles. The molecule has 0 aliphatic carbocycles. The van der Waals surface area contributed by atoms with E-state index < -0.39 is 9.84 Å². The zero-order chi connectivity index (χ0) is 20.9. The molecule has 6 nitrogen and oxygen atoms in total. The monoisotopic (exact) mass is 541 g/mol. The van der Waals surface area contributed by atoms with Gasteiger partial charge in [-0.3, -0.25) is 4.99 Å². The number of benzene rings is 2. The van der Waals surface area contributed by atoms with E-state index in [9.17, 15) is 8.42 Å². The average molecular weight is 541 g/mol. The molecule has 0 fully saturated rings. The minimum atomic E-state index is -3.16. The summed E-state index contributed by atoms with van der Waals surface area (Å²) < 4.78 is 29.0. The number of para-hydroxylation sites is 1. The van der Waals surface area contributed by atoms with Crippen molar-refractivity contribution in [1.82, 2.24) is 10.2 Å². The SMILES string of the molecule is CCNC(=NCCc1ccc(S(C)(=O)=O)cc1)N(C)Cc1cc2ccccc2o1.I. The Labute approximate surface area is 195 Å². The molecule has 0 atom stereocenters. The fourth-order valence-corrected chi connectivity index (χ4v) is 3.72. The minimum Gasteiger partial charge on any atom is -0.459 e. The van der Waals surface area contributed by atoms with Crippen LogP contribution < -0.4 is 5.32 Å². The number of furan rings is 1. The van der Waals surface area contributed by atoms with Gasteiger partial charge in [-0.15, -0.1) is 24.0 Å². The molecule has 8 heteroatoms. The Morgan fingerprint density at radius 1 is 1.13 bits per heavy atom. The molecule has 0 spiro atoms. The number of sulfone groups is 1. The molecule has 3 rings (SSSR count). The van der Waals surface area contributed by atoms with Crippen molar-refractivity contribution >= 4 is 50.7 Å². The van der Waals surface area contributed by atoms with Crippen molar-refractivity contribution in [2.45, 2.75) is 24.8 Å². The van der Waals surface area contributed by atoms with E-state index in [4.69, 9.17) is 9.41 Å². The zero-order valence-corrected chi connectivity index (χ0v) is 20.6. The van der Waals surface area contributed by atoms with E-state index in [-0.39, 0.29) is 24.0 Å². The van der Waals surface area contributed by atoms with Crippen molar-refractivity contribution < 1.29 is 12.8 Å². The fraction of sp³-hybridized carbons (Fsp3) is 0.318. The van der Waals surface area contributed by atoms with Gasteiger partial charge < -0.3 is 14.6 Å². The Morgan fingerprint density at radius 3 is 2.47 bits per heavy atom. The fourth-order valence-electron chi connectivity index (χ4n) is 3.09. The van der Waals surface area contributed by atoms with Crippen LogP contribution in [0.25, 0.3) is 11.0 Å². The van der Waals surface area contributed by atoms with Crippen LogP contribution in [0.1, 0.15) is 18.2 Å². The molecule has 1 N–H and O–H groups in total. The number of guanidine groups is 1. The molecule has 0 unspecified atom stereocenters. The Morgan fingerprint density at radius 2 is 1.83 bits per heavy atom. The zero-order valence-electron chi connectivity index (χ0n) is 17.5. The Hall–Kier alpha value is -2.07. The largest absolute Gasteiger partial charge is 0.459 e. The van der Waals surface area contributed by atoms with Crippen LogP contribution in [0.2, 0.25) is 0 Å². The van der Waals surface area contributed by atoms with E-state index in [1.165, 1.54) is 6.26 Å². The number of halogens is 1. The van der Waals surface area contributed by atoms with Crippen LogP contribution in [0, 0.1) is 0 Å². The third-order valence-corrected chi connectivity index (χ3v) is 5.71. The maximum Gasteiger partial charge on any atom is 0.194 e. The van der Waals surface area contributed by atoms with Crippen LogP contribution in [-0.2, 0) is 22.8 Å². The summed E-state index contributed by atoms with van der Waals surface area (Å²) in [5.41, 5.74) is 1.94. The highest BCUT2D eigenvalue weighted by atomic mass is 127. The first-order chi connectivity index (χ1) is 13.9. The molecular weight excluding hydrogens is 513 g/mol. The van der Waals surface area contributed by atoms with Crippen molar-refractivity contribution in [3.63, 3.8) is 0 Å². The number of nitrogens with one attached hydrogen (secondary N) is 1. The molecule has 2 aromatic carbocycles. The van der Waals surface area contributed by atoms with Gasteiger partial charge in [0.2, 0.25) is 0 Å². The van der Waals surface area contributed by atoms with E-state index in [1.54, 1.807) is 12.1 Å². The predicted molar refractivity (Wildman–Crippen MR) is 132 cm³/mol. The standard InChI is InChI=1S/C22H27N3O3S.HI/c1-4-23-22(24-14-13-17-9-11-20(12-10-17)29(3,26)27)25(2)16-19-15-18-7-5-6-8-21(18)28-19;/h5-12,15H,4,13-14,16H2,1-3H3,(H,23,24);1H. The van der Waals surface area contributed by atoms with Crippen LogP contribution in [-0.4, -0.2) is 45.7 Å². The van der Waals surface area contributed by atoms with Gasteiger partial charge in [0.25, 0.3) is 0 Å². The van der Waals surface area contributed by atoms with E-state index in [0.29, 0.717) is 18.0 Å². The molecule has 3 aromatic rings. The summed E-state index contributed by atoms with van der Waals surface area (Å²) in [4.78, 5) is 7.07. The first-order valence-electron chi connectivity index (χ1n) is 9.62. The third-order valence-electron chi connectivity index (χ3n) is 4.58. The Kier molecular flexibility index (Phi) is 8.72. The highest BCUT2D eigenvalue weighted by Crippen LogP contribution is 2.19. The van der Waals surface area contributed by atoms with Gasteiger partial charge in [0, 0.05) is 31.8 Å². The summed E-state index contributed by atoms with van der Waals surface area (Å²) in [7, 11) is -1.18. The quantitative estimate of drug-likeness (QED) is 0.277. The maximum absolute atomic E-state index is 11.6. The molecule has 30 heavy (non-hydrogen) atoms. The number of fused-ring (bicyclic) bond motifs is 1. The number of hydrogen-bond acceptors (Lipinski definition) is 4. The van der Waals surface area contributed by atoms with Gasteiger partial charge in [-0.2, -0.15) is 0 Å². The van der Waals surface area contributed by atoms with Crippen molar-refractivity contribution in [1.29, 1.82) is 0 Å². The van der Waals surface area contributed by atoms with Crippen LogP contribution in [0.4, 0.5) is 0 Å². The highest BCUT2D eigenvalue weighted by molar-refractivity contribution is 14.0. The second kappa shape index (κ2) is 10.8. The summed E-state index contributed by atoms with van der Waals surface area (Å²) in [6.45, 7) is 4.02. The first kappa shape index (κ1) is 24.2. The van der Waals surface area contributed by atoms with Crippen molar-refractivity contribution in [3.05, 3.63) is 65.9 Å². The summed E-state index contributed by atoms with van der Waals surface area (Å²) in [5.74, 6) is 1.69. The normalized spacial score (nSPS) is 11.9. The van der Waals surface area contributed by atoms with Gasteiger partial charge in [0.1, 0.15) is 11.3 Å². The van der Waals surface area contributed by atoms with Gasteiger partial charge in [0.15, 0.2) is 15.8 Å². The van der Waals surface area contributed by atoms with Crippen LogP contribution in [0.15, 0.2) is 68.9 Å². The highest BCUT2D eigenvalue weighted by Gasteiger charge is 2.10. The molecule has 0 bridgehead atoms. The molecule has 0 amide bonds. The van der Waals surface area contributed by atoms with Crippen molar-refractivity contribution in [2.24, 2.45) is 4.99 Å². The molecule has 0 aliphatic heterocycles. The molecular formula is C22H28IN3O3S. The van der Waals surface area contributed by atoms with Gasteiger partial charge in [-0.25, -0.2) is 8.42 Å². The molecule has 0 radical (unpaired) electrons. The maximum atomic E-state index is 11.6. The van der Waals surface area contributed by atoms with E-state index in [0.717, 1.165) is 41.2 Å². The molecule has 0 saturated heterocycles. The van der Waals surface area contributed by atoms with Crippen molar-refractivity contribution in [2.75, 3.05) is 26.4 Å². The molecule has 162 valence electrons. The Balaban J connectivity index is 0.00000320. The molecule has 1 heterocycles. The second-order valence-corrected chi connectivity index (χ2v) is 9.02. The second-order valence-electron chi connectivity index (χ2n) is 7.01. The van der Waals surface area contributed by atoms with Gasteiger partial charge in [-0.1, -0.05) is 30.3 Å². The van der Waals surface area contributed by atoms with E-state index >= 15 is 0 Å². The van der Waals surface area contributed by atoms with Crippen LogP contribution in [0.3, 0.4) is 0 Å². The smallest absolute Gasteiger partial charge is 0.194 e. The van der Waals surface area contributed by atoms with Crippen LogP contribution in [0.5, 0.6) is 0 Å². The summed E-state index contributed by atoms with van der Waals surface area (Å²) in [6, 6.07) is 17.0. The Bertz CT molecular complexity index is 1060. The predicted octanol–water partition coefficient (Wildman–Crippen LogP) is 4.09. The topological polar surface area (TPSA) is 74.9 Å². The summed E-state index contributed by atoms with van der Waals surface area (Å²) in [5, 5.41) is 4.40. The lowest BCUT2D eigenvalue weighted by molar-refractivity contribution is 0.412. The summed E-state index contributed by atoms with van der Waals surface area (Å²) >= 11 is 0. The lowest BCUT2D eigenvalue weighted by atomic mass is 10.1. The molecule has 0 aliphatic rings. The lowest BCUT2D eigenvalue weighted by Crippen LogP contribution is -2.38. The van der Waals surface area contributed by atoms with Gasteiger partial charge in [0.05, 0.1) is 11.4 Å². The van der Waals surface area contributed by atoms with Gasteiger partial charge in [-0.05, 0) is 43.2 Å². The first-order valence-corrected chi connectivity index (χ1v) is 11.5. The van der Waals surface area contributed by atoms with Crippen molar-refractivity contribution in [3.8, 4) is 0 Å². The number of rotatable bonds is 7. The number of hydrogen-bond donors (Lipinski definition) is 1. The molecule has 1 aromatic heterocycles. The third kappa shape index (κ3) is 6.46. The minimum absolute atomic E-state index is 0.